The Morgan fingerprint density at radius 1 is 1.12 bits per heavy atom. The summed E-state index contributed by atoms with van der Waals surface area (Å²) in [6, 6.07) is 5.84. The van der Waals surface area contributed by atoms with Gasteiger partial charge in [-0.2, -0.15) is 0 Å². The summed E-state index contributed by atoms with van der Waals surface area (Å²) in [5.74, 6) is -0.290. The predicted molar refractivity (Wildman–Crippen MR) is 159 cm³/mol. The lowest BCUT2D eigenvalue weighted by atomic mass is 9.97. The molecule has 3 fully saturated rings. The molecule has 0 radical (unpaired) electrons. The van der Waals surface area contributed by atoms with E-state index in [2.05, 4.69) is 23.6 Å². The minimum absolute atomic E-state index is 0.0533. The quantitative estimate of drug-likeness (QED) is 0.479. The Morgan fingerprint density at radius 3 is 2.51 bits per heavy atom. The van der Waals surface area contributed by atoms with E-state index in [1.165, 1.54) is 6.07 Å². The van der Waals surface area contributed by atoms with E-state index in [4.69, 9.17) is 26.1 Å². The van der Waals surface area contributed by atoms with Gasteiger partial charge in [0.25, 0.3) is 5.91 Å². The molecule has 232 valence electrons. The van der Waals surface area contributed by atoms with E-state index < -0.39 is 35.3 Å². The number of ether oxygens (including phenoxy) is 2. The molecule has 1 aromatic heterocycles. The monoisotopic (exact) mass is 617 g/mol. The molecule has 9 nitrogen and oxygen atoms in total. The highest BCUT2D eigenvalue weighted by molar-refractivity contribution is 6.35. The van der Waals surface area contributed by atoms with Crippen molar-refractivity contribution >= 4 is 29.4 Å². The van der Waals surface area contributed by atoms with Gasteiger partial charge in [-0.3, -0.25) is 9.69 Å². The van der Waals surface area contributed by atoms with Crippen LogP contribution in [0.4, 0.5) is 19.4 Å². The maximum atomic E-state index is 15.1. The van der Waals surface area contributed by atoms with Gasteiger partial charge in [0.15, 0.2) is 5.75 Å². The number of pyridine rings is 1. The number of alkyl halides is 1. The molecule has 4 aliphatic heterocycles. The molecule has 12 heteroatoms. The zero-order valence-electron chi connectivity index (χ0n) is 25.2. The molecular formula is C31H38ClF2N5O4. The number of benzene rings is 1. The highest BCUT2D eigenvalue weighted by atomic mass is 35.5. The van der Waals surface area contributed by atoms with E-state index in [-0.39, 0.29) is 59.2 Å². The largest absolute Gasteiger partial charge is 0.489 e. The number of rotatable bonds is 3. The number of anilines is 1. The summed E-state index contributed by atoms with van der Waals surface area (Å²) < 4.78 is 40.8. The number of carbonyl (C=O) groups excluding carboxylic acids is 2. The third-order valence-corrected chi connectivity index (χ3v) is 9.08. The average Bonchev–Trinajstić information content (AvgIpc) is 3.14. The molecular weight excluding hydrogens is 580 g/mol. The van der Waals surface area contributed by atoms with Crippen molar-refractivity contribution in [3.63, 3.8) is 0 Å². The van der Waals surface area contributed by atoms with Crippen LogP contribution < -0.4 is 9.64 Å². The SMILES string of the molecule is CC(C)(C)OC(=O)N1CCN2C(=O)c3c(N4C[C@@H](N5CC(F)C5)CC4(C)C)nc(-c4ccccc4F)c(Cl)c3OC[C@H]2C1. The Balaban J connectivity index is 1.41. The smallest absolute Gasteiger partial charge is 0.410 e. The van der Waals surface area contributed by atoms with E-state index >= 15 is 4.39 Å². The first kappa shape index (κ1) is 29.9. The summed E-state index contributed by atoms with van der Waals surface area (Å²) in [5, 5.41) is 0.0533. The van der Waals surface area contributed by atoms with E-state index in [9.17, 15) is 14.0 Å². The van der Waals surface area contributed by atoms with Crippen LogP contribution in [0.15, 0.2) is 24.3 Å². The van der Waals surface area contributed by atoms with Gasteiger partial charge in [0.2, 0.25) is 0 Å². The van der Waals surface area contributed by atoms with Crippen molar-refractivity contribution < 1.29 is 27.8 Å². The fraction of sp³-hybridized carbons (Fsp3) is 0.581. The molecule has 2 atom stereocenters. The van der Waals surface area contributed by atoms with E-state index in [0.29, 0.717) is 32.0 Å². The van der Waals surface area contributed by atoms with Gasteiger partial charge in [-0.1, -0.05) is 23.7 Å². The lowest BCUT2D eigenvalue weighted by Crippen LogP contribution is -2.58. The molecule has 2 aromatic rings. The Hall–Kier alpha value is -3.18. The highest BCUT2D eigenvalue weighted by Gasteiger charge is 2.48. The molecule has 4 aliphatic rings. The Morgan fingerprint density at radius 2 is 1.84 bits per heavy atom. The van der Waals surface area contributed by atoms with Gasteiger partial charge < -0.3 is 24.2 Å². The fourth-order valence-corrected chi connectivity index (χ4v) is 6.84. The maximum absolute atomic E-state index is 15.1. The number of aromatic nitrogens is 1. The van der Waals surface area contributed by atoms with Crippen molar-refractivity contribution in [1.29, 1.82) is 0 Å². The summed E-state index contributed by atoms with van der Waals surface area (Å²) >= 11 is 6.92. The van der Waals surface area contributed by atoms with Crippen molar-refractivity contribution in [3.05, 3.63) is 40.7 Å². The summed E-state index contributed by atoms with van der Waals surface area (Å²) in [7, 11) is 0. The van der Waals surface area contributed by atoms with Crippen LogP contribution in [0.25, 0.3) is 11.3 Å². The highest BCUT2D eigenvalue weighted by Crippen LogP contribution is 2.47. The summed E-state index contributed by atoms with van der Waals surface area (Å²) in [6.07, 6.45) is -0.545. The lowest BCUT2D eigenvalue weighted by Gasteiger charge is -2.40. The number of halogens is 3. The summed E-state index contributed by atoms with van der Waals surface area (Å²) in [4.78, 5) is 39.6. The first-order valence-electron chi connectivity index (χ1n) is 14.8. The normalized spacial score (nSPS) is 24.2. The van der Waals surface area contributed by atoms with Crippen molar-refractivity contribution in [3.8, 4) is 17.0 Å². The molecule has 1 aromatic carbocycles. The fourth-order valence-electron chi connectivity index (χ4n) is 6.55. The van der Waals surface area contributed by atoms with Crippen LogP contribution in [0.2, 0.25) is 5.02 Å². The number of amides is 2. The predicted octanol–water partition coefficient (Wildman–Crippen LogP) is 5.01. The lowest BCUT2D eigenvalue weighted by molar-refractivity contribution is 0.000951. The molecule has 0 spiro atoms. The molecule has 0 aliphatic carbocycles. The van der Waals surface area contributed by atoms with E-state index in [1.54, 1.807) is 28.0 Å². The molecule has 43 heavy (non-hydrogen) atoms. The van der Waals surface area contributed by atoms with Crippen LogP contribution >= 0.6 is 11.6 Å². The van der Waals surface area contributed by atoms with Crippen LogP contribution in [0.3, 0.4) is 0 Å². The topological polar surface area (TPSA) is 78.5 Å². The van der Waals surface area contributed by atoms with Crippen molar-refractivity contribution in [1.82, 2.24) is 19.7 Å². The molecule has 0 unspecified atom stereocenters. The Bertz CT molecular complexity index is 1440. The second-order valence-corrected chi connectivity index (χ2v) is 13.9. The van der Waals surface area contributed by atoms with E-state index in [0.717, 1.165) is 6.42 Å². The van der Waals surface area contributed by atoms with Crippen LogP contribution in [0.1, 0.15) is 51.4 Å². The minimum Gasteiger partial charge on any atom is -0.489 e. The van der Waals surface area contributed by atoms with Crippen LogP contribution in [-0.4, -0.2) is 107 Å². The standard InChI is InChI=1S/C31H38ClF2N5O4/c1-30(2,3)43-29(41)36-10-11-38-20(15-36)17-42-26-23(28(38)40)27(35-25(24(26)32)21-8-6-7-9-22(21)34)39-16-19(12-31(39,4)5)37-13-18(33)14-37/h6-9,18-20H,10-17H2,1-5H3/t19-,20+/m0/s1. The van der Waals surface area contributed by atoms with Crippen LogP contribution in [-0.2, 0) is 4.74 Å². The Labute approximate surface area is 255 Å². The van der Waals surface area contributed by atoms with Gasteiger partial charge in [-0.15, -0.1) is 0 Å². The third-order valence-electron chi connectivity index (χ3n) is 8.73. The average molecular weight is 618 g/mol. The molecule has 3 saturated heterocycles. The number of nitrogens with zero attached hydrogens (tertiary/aromatic N) is 5. The molecule has 0 N–H and O–H groups in total. The number of fused-ring (bicyclic) bond motifs is 2. The van der Waals surface area contributed by atoms with Crippen molar-refractivity contribution in [2.24, 2.45) is 0 Å². The van der Waals surface area contributed by atoms with Gasteiger partial charge in [-0.05, 0) is 53.2 Å². The molecule has 5 heterocycles. The van der Waals surface area contributed by atoms with Crippen LogP contribution in [0.5, 0.6) is 5.75 Å². The molecule has 2 amide bonds. The van der Waals surface area contributed by atoms with Gasteiger partial charge in [0.05, 0.1) is 11.7 Å². The molecule has 6 rings (SSSR count). The summed E-state index contributed by atoms with van der Waals surface area (Å²) in [6.45, 7) is 11.7. The molecule has 0 bridgehead atoms. The number of hydrogen-bond acceptors (Lipinski definition) is 7. The Kier molecular flexibility index (Phi) is 7.48. The van der Waals surface area contributed by atoms with Gasteiger partial charge in [0.1, 0.15) is 40.6 Å². The summed E-state index contributed by atoms with van der Waals surface area (Å²) in [5.41, 5.74) is -0.502. The van der Waals surface area contributed by atoms with Crippen molar-refractivity contribution in [2.45, 2.75) is 70.4 Å². The minimum atomic E-state index is -0.832. The number of hydrogen-bond donors (Lipinski definition) is 0. The third kappa shape index (κ3) is 5.50. The first-order chi connectivity index (χ1) is 20.2. The second-order valence-electron chi connectivity index (χ2n) is 13.5. The number of carbonyl (C=O) groups is 2. The first-order valence-corrected chi connectivity index (χ1v) is 15.2. The van der Waals surface area contributed by atoms with Gasteiger partial charge in [0, 0.05) is 56.4 Å². The zero-order valence-corrected chi connectivity index (χ0v) is 26.0. The number of piperazine rings is 1. The van der Waals surface area contributed by atoms with E-state index in [1.807, 2.05) is 20.8 Å². The van der Waals surface area contributed by atoms with Gasteiger partial charge in [-0.25, -0.2) is 18.6 Å². The van der Waals surface area contributed by atoms with Crippen molar-refractivity contribution in [2.75, 3.05) is 50.8 Å². The van der Waals surface area contributed by atoms with Crippen LogP contribution in [0, 0.1) is 5.82 Å². The second kappa shape index (κ2) is 10.8. The molecule has 0 saturated carbocycles. The zero-order chi connectivity index (χ0) is 30.8. The number of likely N-dealkylation sites (tertiary alicyclic amines) is 1. The van der Waals surface area contributed by atoms with Gasteiger partial charge >= 0.3 is 6.09 Å². The maximum Gasteiger partial charge on any atom is 0.410 e.